The highest BCUT2D eigenvalue weighted by molar-refractivity contribution is 5.87. The van der Waals surface area contributed by atoms with Crippen molar-refractivity contribution in [2.75, 3.05) is 5.73 Å². The monoisotopic (exact) mass is 217 g/mol. The first-order chi connectivity index (χ1) is 7.74. The van der Waals surface area contributed by atoms with Crippen LogP contribution in [-0.2, 0) is 6.54 Å². The largest absolute Gasteiger partial charge is 0.397 e. The Morgan fingerprint density at radius 1 is 1.31 bits per heavy atom. The lowest BCUT2D eigenvalue weighted by atomic mass is 10.2. The zero-order chi connectivity index (χ0) is 11.5. The molecule has 3 heteroatoms. The van der Waals surface area contributed by atoms with Crippen molar-refractivity contribution in [3.8, 4) is 0 Å². The van der Waals surface area contributed by atoms with Gasteiger partial charge >= 0.3 is 0 Å². The van der Waals surface area contributed by atoms with Crippen molar-refractivity contribution in [2.24, 2.45) is 0 Å². The van der Waals surface area contributed by atoms with Gasteiger partial charge in [0.25, 0.3) is 0 Å². The van der Waals surface area contributed by atoms with Crippen molar-refractivity contribution in [1.82, 2.24) is 9.55 Å². The molecule has 0 spiro atoms. The molecule has 0 saturated carbocycles. The fourth-order valence-corrected chi connectivity index (χ4v) is 2.09. The number of benzene rings is 1. The molecule has 0 radical (unpaired) electrons. The Labute approximate surface area is 96.3 Å². The van der Waals surface area contributed by atoms with Gasteiger partial charge in [0.1, 0.15) is 11.3 Å². The van der Waals surface area contributed by atoms with E-state index in [1.54, 1.807) is 0 Å². The summed E-state index contributed by atoms with van der Waals surface area (Å²) in [6.07, 6.45) is 3.72. The van der Waals surface area contributed by atoms with E-state index in [1.165, 1.54) is 19.3 Å². The van der Waals surface area contributed by atoms with Gasteiger partial charge in [0.05, 0.1) is 11.2 Å². The van der Waals surface area contributed by atoms with Crippen molar-refractivity contribution in [3.63, 3.8) is 0 Å². The van der Waals surface area contributed by atoms with Gasteiger partial charge in [-0.2, -0.15) is 0 Å². The van der Waals surface area contributed by atoms with Gasteiger partial charge in [-0.3, -0.25) is 0 Å². The molecular formula is C13H19N3. The number of rotatable bonds is 4. The molecule has 1 aromatic heterocycles. The summed E-state index contributed by atoms with van der Waals surface area (Å²) in [4.78, 5) is 4.53. The molecule has 0 amide bonds. The van der Waals surface area contributed by atoms with Gasteiger partial charge in [-0.25, -0.2) is 4.98 Å². The van der Waals surface area contributed by atoms with Gasteiger partial charge < -0.3 is 10.3 Å². The van der Waals surface area contributed by atoms with Crippen LogP contribution >= 0.6 is 0 Å². The van der Waals surface area contributed by atoms with E-state index in [-0.39, 0.29) is 0 Å². The van der Waals surface area contributed by atoms with E-state index in [4.69, 9.17) is 5.73 Å². The van der Waals surface area contributed by atoms with Gasteiger partial charge in [-0.1, -0.05) is 25.8 Å². The molecule has 2 aromatic rings. The van der Waals surface area contributed by atoms with Crippen LogP contribution < -0.4 is 5.73 Å². The normalized spacial score (nSPS) is 11.1. The van der Waals surface area contributed by atoms with E-state index in [2.05, 4.69) is 22.5 Å². The number of nitrogens with two attached hydrogens (primary N) is 1. The number of fused-ring (bicyclic) bond motifs is 1. The van der Waals surface area contributed by atoms with Crippen LogP contribution in [0.3, 0.4) is 0 Å². The smallest absolute Gasteiger partial charge is 0.112 e. The maximum atomic E-state index is 5.92. The van der Waals surface area contributed by atoms with Crippen LogP contribution in [-0.4, -0.2) is 9.55 Å². The van der Waals surface area contributed by atoms with Crippen LogP contribution in [0.25, 0.3) is 11.0 Å². The minimum absolute atomic E-state index is 0.773. The number of anilines is 1. The van der Waals surface area contributed by atoms with E-state index in [0.29, 0.717) is 0 Å². The molecule has 86 valence electrons. The average molecular weight is 217 g/mol. The molecule has 0 saturated heterocycles. The third kappa shape index (κ3) is 1.90. The third-order valence-electron chi connectivity index (χ3n) is 2.99. The van der Waals surface area contributed by atoms with Gasteiger partial charge in [0.15, 0.2) is 0 Å². The molecule has 2 rings (SSSR count). The SMILES string of the molecule is CCCCCn1c(C)nc2c(N)cccc21. The van der Waals surface area contributed by atoms with Crippen LogP contribution in [0.5, 0.6) is 0 Å². The maximum Gasteiger partial charge on any atom is 0.112 e. The number of hydrogen-bond donors (Lipinski definition) is 1. The van der Waals surface area contributed by atoms with Crippen LogP contribution in [0.1, 0.15) is 32.0 Å². The molecule has 3 nitrogen and oxygen atoms in total. The number of para-hydroxylation sites is 1. The topological polar surface area (TPSA) is 43.8 Å². The Kier molecular flexibility index (Phi) is 3.13. The first kappa shape index (κ1) is 11.0. The second-order valence-electron chi connectivity index (χ2n) is 4.23. The third-order valence-corrected chi connectivity index (χ3v) is 2.99. The molecule has 16 heavy (non-hydrogen) atoms. The summed E-state index contributed by atoms with van der Waals surface area (Å²) in [7, 11) is 0. The van der Waals surface area contributed by atoms with E-state index in [0.717, 1.165) is 29.1 Å². The highest BCUT2D eigenvalue weighted by Gasteiger charge is 2.08. The fraction of sp³-hybridized carbons (Fsp3) is 0.462. The number of hydrogen-bond acceptors (Lipinski definition) is 2. The van der Waals surface area contributed by atoms with E-state index >= 15 is 0 Å². The standard InChI is InChI=1S/C13H19N3/c1-3-4-5-9-16-10(2)15-13-11(14)7-6-8-12(13)16/h6-8H,3-5,9,14H2,1-2H3. The molecule has 0 unspecified atom stereocenters. The van der Waals surface area contributed by atoms with Gasteiger partial charge in [-0.15, -0.1) is 0 Å². The Balaban J connectivity index is 2.36. The lowest BCUT2D eigenvalue weighted by Gasteiger charge is -2.06. The molecule has 0 aliphatic rings. The van der Waals surface area contributed by atoms with Crippen molar-refractivity contribution < 1.29 is 0 Å². The first-order valence-electron chi connectivity index (χ1n) is 5.95. The number of aromatic nitrogens is 2. The Morgan fingerprint density at radius 3 is 2.88 bits per heavy atom. The average Bonchev–Trinajstić information content (AvgIpc) is 2.58. The van der Waals surface area contributed by atoms with Crippen LogP contribution in [0, 0.1) is 6.92 Å². The number of nitrogen functional groups attached to an aromatic ring is 1. The van der Waals surface area contributed by atoms with Crippen LogP contribution in [0.15, 0.2) is 18.2 Å². The highest BCUT2D eigenvalue weighted by Crippen LogP contribution is 2.21. The summed E-state index contributed by atoms with van der Waals surface area (Å²) in [6, 6.07) is 6.00. The van der Waals surface area contributed by atoms with Crippen molar-refractivity contribution >= 4 is 16.7 Å². The summed E-state index contributed by atoms with van der Waals surface area (Å²) < 4.78 is 2.27. The molecule has 2 N–H and O–H groups in total. The van der Waals surface area contributed by atoms with E-state index in [1.807, 2.05) is 19.1 Å². The summed E-state index contributed by atoms with van der Waals surface area (Å²) in [6.45, 7) is 5.31. The van der Waals surface area contributed by atoms with Crippen LogP contribution in [0.2, 0.25) is 0 Å². The fourth-order valence-electron chi connectivity index (χ4n) is 2.09. The molecular weight excluding hydrogens is 198 g/mol. The lowest BCUT2D eigenvalue weighted by molar-refractivity contribution is 0.602. The van der Waals surface area contributed by atoms with Gasteiger partial charge in [0.2, 0.25) is 0 Å². The van der Waals surface area contributed by atoms with E-state index < -0.39 is 0 Å². The zero-order valence-electron chi connectivity index (χ0n) is 10.0. The quantitative estimate of drug-likeness (QED) is 0.631. The first-order valence-corrected chi connectivity index (χ1v) is 5.95. The zero-order valence-corrected chi connectivity index (χ0v) is 10.0. The van der Waals surface area contributed by atoms with Gasteiger partial charge in [0, 0.05) is 6.54 Å². The maximum absolute atomic E-state index is 5.92. The predicted molar refractivity (Wildman–Crippen MR) is 68.4 cm³/mol. The Bertz CT molecular complexity index is 485. The number of nitrogens with zero attached hydrogens (tertiary/aromatic N) is 2. The molecule has 0 aliphatic heterocycles. The van der Waals surface area contributed by atoms with Crippen molar-refractivity contribution in [2.45, 2.75) is 39.7 Å². The molecule has 0 bridgehead atoms. The summed E-state index contributed by atoms with van der Waals surface area (Å²) in [5.74, 6) is 1.06. The number of aryl methyl sites for hydroxylation is 2. The Morgan fingerprint density at radius 2 is 2.12 bits per heavy atom. The molecule has 1 heterocycles. The predicted octanol–water partition coefficient (Wildman–Crippen LogP) is 3.12. The minimum Gasteiger partial charge on any atom is -0.397 e. The lowest BCUT2D eigenvalue weighted by Crippen LogP contribution is -2.00. The molecule has 0 fully saturated rings. The highest BCUT2D eigenvalue weighted by atomic mass is 15.1. The summed E-state index contributed by atoms with van der Waals surface area (Å²) in [5, 5.41) is 0. The number of imidazole rings is 1. The summed E-state index contributed by atoms with van der Waals surface area (Å²) >= 11 is 0. The number of unbranched alkanes of at least 4 members (excludes halogenated alkanes) is 2. The second-order valence-corrected chi connectivity index (χ2v) is 4.23. The molecule has 0 atom stereocenters. The minimum atomic E-state index is 0.773. The second kappa shape index (κ2) is 4.56. The van der Waals surface area contributed by atoms with Crippen LogP contribution in [0.4, 0.5) is 5.69 Å². The van der Waals surface area contributed by atoms with Crippen molar-refractivity contribution in [1.29, 1.82) is 0 Å². The molecule has 0 aliphatic carbocycles. The van der Waals surface area contributed by atoms with Gasteiger partial charge in [-0.05, 0) is 25.5 Å². The molecule has 1 aromatic carbocycles. The Hall–Kier alpha value is -1.51. The van der Waals surface area contributed by atoms with E-state index in [9.17, 15) is 0 Å². The summed E-state index contributed by atoms with van der Waals surface area (Å²) in [5.41, 5.74) is 8.79. The van der Waals surface area contributed by atoms with Crippen molar-refractivity contribution in [3.05, 3.63) is 24.0 Å².